The molecule has 0 amide bonds. The number of fused-ring (bicyclic) bond motifs is 2. The highest BCUT2D eigenvalue weighted by Crippen LogP contribution is 2.36. The fourth-order valence-corrected chi connectivity index (χ4v) is 6.74. The quantitative estimate of drug-likeness (QED) is 0.103. The molecule has 48 heavy (non-hydrogen) atoms. The van der Waals surface area contributed by atoms with Crippen LogP contribution in [0.5, 0.6) is 0 Å². The summed E-state index contributed by atoms with van der Waals surface area (Å²) in [7, 11) is 0. The summed E-state index contributed by atoms with van der Waals surface area (Å²) >= 11 is 0. The molecule has 0 bridgehead atoms. The summed E-state index contributed by atoms with van der Waals surface area (Å²) in [5, 5.41) is 29.8. The van der Waals surface area contributed by atoms with Crippen molar-refractivity contribution in [2.45, 2.75) is 117 Å². The lowest BCUT2D eigenvalue weighted by Gasteiger charge is -2.45. The van der Waals surface area contributed by atoms with Crippen LogP contribution in [-0.4, -0.2) is 69.9 Å². The van der Waals surface area contributed by atoms with Gasteiger partial charge >= 0.3 is 5.69 Å². The van der Waals surface area contributed by atoms with Crippen LogP contribution in [0.15, 0.2) is 58.1 Å². The minimum absolute atomic E-state index is 0.194. The lowest BCUT2D eigenvalue weighted by molar-refractivity contribution is -0.113. The Morgan fingerprint density at radius 3 is 1.92 bits per heavy atom. The molecule has 2 atom stereocenters. The van der Waals surface area contributed by atoms with Crippen molar-refractivity contribution < 1.29 is 10.2 Å². The third-order valence-electron chi connectivity index (χ3n) is 9.50. The molecular weight excluding hydrogens is 604 g/mol. The maximum absolute atomic E-state index is 13.3. The number of nitrogens with one attached hydrogen (secondary N) is 2. The molecule has 1 aromatic heterocycles. The van der Waals surface area contributed by atoms with E-state index in [2.05, 4.69) is 24.5 Å². The summed E-state index contributed by atoms with van der Waals surface area (Å²) < 4.78 is 3.20. The fraction of sp³-hybridized carbons (Fsp3) is 0.632. The predicted molar refractivity (Wildman–Crippen MR) is 196 cm³/mol. The highest BCUT2D eigenvalue weighted by Gasteiger charge is 2.36. The third kappa shape index (κ3) is 10.2. The number of para-hydroxylation sites is 2. The molecule has 4 N–H and O–H groups in total. The second-order valence-electron chi connectivity index (χ2n) is 13.2. The summed E-state index contributed by atoms with van der Waals surface area (Å²) in [6, 6.07) is 15.3. The predicted octanol–water partition coefficient (Wildman–Crippen LogP) is 5.15. The molecule has 1 aliphatic rings. The third-order valence-corrected chi connectivity index (χ3v) is 9.50. The van der Waals surface area contributed by atoms with Crippen molar-refractivity contribution in [3.63, 3.8) is 0 Å². The van der Waals surface area contributed by atoms with Gasteiger partial charge in [-0.05, 0) is 82.9 Å². The zero-order valence-corrected chi connectivity index (χ0v) is 29.4. The molecule has 266 valence electrons. The molecule has 1 aliphatic heterocycles. The minimum atomic E-state index is -0.834. The Labute approximate surface area is 286 Å². The number of aryl methyl sites for hydroxylation is 1. The number of hydrogen-bond acceptors (Lipinski definition) is 8. The molecule has 0 fully saturated rings. The number of hydrogen-bond donors (Lipinski definition) is 4. The molecule has 0 aliphatic carbocycles. The van der Waals surface area contributed by atoms with Gasteiger partial charge in [-0.15, -0.1) is 0 Å². The smallest absolute Gasteiger partial charge is 0.331 e. The molecular formula is C38H60N6O4. The van der Waals surface area contributed by atoms with E-state index in [9.17, 15) is 19.8 Å². The molecule has 10 nitrogen and oxygen atoms in total. The molecule has 0 spiro atoms. The van der Waals surface area contributed by atoms with Crippen LogP contribution in [0.2, 0.25) is 0 Å². The molecule has 0 saturated carbocycles. The van der Waals surface area contributed by atoms with Crippen molar-refractivity contribution in [3.05, 3.63) is 74.9 Å². The molecule has 2 heterocycles. The van der Waals surface area contributed by atoms with Gasteiger partial charge < -0.3 is 25.7 Å². The maximum atomic E-state index is 13.3. The van der Waals surface area contributed by atoms with Gasteiger partial charge in [0.1, 0.15) is 6.23 Å². The Bertz CT molecular complexity index is 1490. The zero-order valence-electron chi connectivity index (χ0n) is 29.4. The molecule has 0 radical (unpaired) electrons. The molecule has 0 saturated heterocycles. The van der Waals surface area contributed by atoms with Crippen LogP contribution in [-0.2, 0) is 13.1 Å². The number of benzene rings is 2. The van der Waals surface area contributed by atoms with E-state index in [4.69, 9.17) is 0 Å². The molecule has 2 unspecified atom stereocenters. The zero-order chi connectivity index (χ0) is 34.1. The highest BCUT2D eigenvalue weighted by atomic mass is 16.3. The van der Waals surface area contributed by atoms with Gasteiger partial charge in [-0.2, -0.15) is 0 Å². The van der Waals surface area contributed by atoms with E-state index in [1.807, 2.05) is 53.4 Å². The van der Waals surface area contributed by atoms with E-state index in [1.165, 1.54) is 17.4 Å². The van der Waals surface area contributed by atoms with Crippen LogP contribution in [0.1, 0.15) is 103 Å². The maximum Gasteiger partial charge on any atom is 0.331 e. The fourth-order valence-electron chi connectivity index (χ4n) is 6.74. The summed E-state index contributed by atoms with van der Waals surface area (Å²) in [5.41, 5.74) is 2.13. The lowest BCUT2D eigenvalue weighted by atomic mass is 10.1. The Morgan fingerprint density at radius 1 is 0.625 bits per heavy atom. The van der Waals surface area contributed by atoms with Gasteiger partial charge in [-0.3, -0.25) is 13.9 Å². The standard InChI is InChI=1S/C38H60N6O4/c1-3-5-7-15-27-41-33-21-11-9-19-31(33)35(45)43(37(41)47)29-17-25-39-23-13-14-24-40-26-18-30-44-36(46)32-20-10-12-22-34(32)42(38(44)48)28-16-8-6-4-2/h9-12,19-22,35,37,39-40,45,47H,3-8,13-18,23-30H2,1-2H3. The Balaban J connectivity index is 1.12. The average molecular weight is 665 g/mol. The van der Waals surface area contributed by atoms with Gasteiger partial charge in [0.05, 0.1) is 10.9 Å². The van der Waals surface area contributed by atoms with E-state index in [-0.39, 0.29) is 11.2 Å². The van der Waals surface area contributed by atoms with E-state index < -0.39 is 12.6 Å². The van der Waals surface area contributed by atoms with Gasteiger partial charge in [-0.25, -0.2) is 9.69 Å². The van der Waals surface area contributed by atoms with Crippen molar-refractivity contribution in [1.82, 2.24) is 24.7 Å². The second-order valence-corrected chi connectivity index (χ2v) is 13.2. The van der Waals surface area contributed by atoms with Gasteiger partial charge in [-0.1, -0.05) is 82.7 Å². The first-order valence-corrected chi connectivity index (χ1v) is 18.6. The Hall–Kier alpha value is -3.02. The van der Waals surface area contributed by atoms with Crippen molar-refractivity contribution in [2.75, 3.05) is 44.2 Å². The SMILES string of the molecule is CCCCCCN1c2ccccc2C(O)N(CCCNCCCCNCCCn2c(=O)c3ccccc3n(CCCCCC)c2=O)C1O. The van der Waals surface area contributed by atoms with E-state index in [0.29, 0.717) is 25.0 Å². The summed E-state index contributed by atoms with van der Waals surface area (Å²) in [6.07, 6.45) is 10.8. The summed E-state index contributed by atoms with van der Waals surface area (Å²) in [4.78, 5) is 30.2. The van der Waals surface area contributed by atoms with E-state index >= 15 is 0 Å². The van der Waals surface area contributed by atoms with Gasteiger partial charge in [0, 0.05) is 37.4 Å². The van der Waals surface area contributed by atoms with Gasteiger partial charge in [0.25, 0.3) is 5.56 Å². The van der Waals surface area contributed by atoms with Gasteiger partial charge in [0.15, 0.2) is 6.35 Å². The van der Waals surface area contributed by atoms with Crippen LogP contribution in [0.4, 0.5) is 5.69 Å². The number of nitrogens with zero attached hydrogens (tertiary/aromatic N) is 4. The van der Waals surface area contributed by atoms with E-state index in [1.54, 1.807) is 9.47 Å². The molecule has 4 rings (SSSR count). The van der Waals surface area contributed by atoms with Crippen LogP contribution >= 0.6 is 0 Å². The molecule has 3 aromatic rings. The topological polar surface area (TPSA) is 115 Å². The monoisotopic (exact) mass is 664 g/mol. The number of aliphatic hydroxyl groups excluding tert-OH is 2. The first kappa shape index (κ1) is 37.8. The average Bonchev–Trinajstić information content (AvgIpc) is 3.10. The number of aliphatic hydroxyl groups is 2. The number of unbranched alkanes of at least 4 members (excludes halogenated alkanes) is 7. The van der Waals surface area contributed by atoms with E-state index in [0.717, 1.165) is 114 Å². The number of anilines is 1. The Morgan fingerprint density at radius 2 is 1.21 bits per heavy atom. The number of rotatable bonds is 23. The largest absolute Gasteiger partial charge is 0.374 e. The van der Waals surface area contributed by atoms with Crippen molar-refractivity contribution in [1.29, 1.82) is 0 Å². The summed E-state index contributed by atoms with van der Waals surface area (Å²) in [6.45, 7) is 10.2. The highest BCUT2D eigenvalue weighted by molar-refractivity contribution is 5.77. The van der Waals surface area contributed by atoms with Crippen molar-refractivity contribution in [2.24, 2.45) is 0 Å². The normalized spacial score (nSPS) is 16.5. The number of aromatic nitrogens is 2. The van der Waals surface area contributed by atoms with Crippen LogP contribution in [0, 0.1) is 0 Å². The van der Waals surface area contributed by atoms with Crippen LogP contribution in [0.25, 0.3) is 10.9 Å². The van der Waals surface area contributed by atoms with Crippen molar-refractivity contribution in [3.8, 4) is 0 Å². The van der Waals surface area contributed by atoms with Crippen molar-refractivity contribution >= 4 is 16.6 Å². The minimum Gasteiger partial charge on any atom is -0.374 e. The van der Waals surface area contributed by atoms with Crippen LogP contribution in [0.3, 0.4) is 0 Å². The van der Waals surface area contributed by atoms with Gasteiger partial charge in [0.2, 0.25) is 0 Å². The molecule has 10 heteroatoms. The lowest BCUT2D eigenvalue weighted by Crippen LogP contribution is -2.54. The first-order chi connectivity index (χ1) is 23.5. The first-order valence-electron chi connectivity index (χ1n) is 18.6. The Kier molecular flexibility index (Phi) is 16.1. The van der Waals surface area contributed by atoms with Crippen LogP contribution < -0.4 is 26.8 Å². The molecule has 2 aromatic carbocycles. The second kappa shape index (κ2) is 20.5. The summed E-state index contributed by atoms with van der Waals surface area (Å²) in [5.74, 6) is 0.